The predicted molar refractivity (Wildman–Crippen MR) is 95.5 cm³/mol. The summed E-state index contributed by atoms with van der Waals surface area (Å²) in [6.07, 6.45) is 3.88. The number of carbonyl (C=O) groups excluding carboxylic acids is 1. The third-order valence-electron chi connectivity index (χ3n) is 4.24. The highest BCUT2D eigenvalue weighted by Crippen LogP contribution is 2.25. The van der Waals surface area contributed by atoms with Crippen LogP contribution in [0.25, 0.3) is 22.3 Å². The van der Waals surface area contributed by atoms with E-state index in [2.05, 4.69) is 49.3 Å². The lowest BCUT2D eigenvalue weighted by Crippen LogP contribution is -2.12. The van der Waals surface area contributed by atoms with Crippen LogP contribution in [-0.4, -0.2) is 20.7 Å². The van der Waals surface area contributed by atoms with Gasteiger partial charge in [-0.2, -0.15) is 5.10 Å². The summed E-state index contributed by atoms with van der Waals surface area (Å²) in [4.78, 5) is 15.6. The Hall–Kier alpha value is -2.69. The fourth-order valence-corrected chi connectivity index (χ4v) is 2.93. The second-order valence-corrected chi connectivity index (χ2v) is 6.05. The summed E-state index contributed by atoms with van der Waals surface area (Å²) in [5.74, 6) is -0.279. The minimum Gasteiger partial charge on any atom is -0.370 e. The van der Waals surface area contributed by atoms with Crippen LogP contribution in [0.2, 0.25) is 0 Å². The normalized spacial score (nSPS) is 11.1. The van der Waals surface area contributed by atoms with Gasteiger partial charge in [-0.05, 0) is 37.0 Å². The first kappa shape index (κ1) is 16.2. The lowest BCUT2D eigenvalue weighted by molar-refractivity contribution is -0.118. The van der Waals surface area contributed by atoms with Crippen LogP contribution in [0.5, 0.6) is 0 Å². The van der Waals surface area contributed by atoms with Crippen LogP contribution < -0.4 is 5.73 Å². The van der Waals surface area contributed by atoms with Gasteiger partial charge in [0.1, 0.15) is 5.52 Å². The molecule has 3 aromatic rings. The van der Waals surface area contributed by atoms with Crippen LogP contribution in [0.4, 0.5) is 0 Å². The number of aromatic nitrogens is 3. The van der Waals surface area contributed by atoms with Gasteiger partial charge in [0.2, 0.25) is 5.91 Å². The van der Waals surface area contributed by atoms with Crippen LogP contribution in [0.15, 0.2) is 36.5 Å². The molecule has 2 N–H and O–H groups in total. The van der Waals surface area contributed by atoms with Crippen LogP contribution in [0.3, 0.4) is 0 Å². The summed E-state index contributed by atoms with van der Waals surface area (Å²) in [6, 6.07) is 10.6. The summed E-state index contributed by atoms with van der Waals surface area (Å²) in [5, 5.41) is 4.42. The minimum atomic E-state index is -0.279. The first-order chi connectivity index (χ1) is 11.6. The molecule has 0 saturated heterocycles. The summed E-state index contributed by atoms with van der Waals surface area (Å²) in [7, 11) is 0. The Morgan fingerprint density at radius 2 is 2.00 bits per heavy atom. The average molecular weight is 322 g/mol. The number of amides is 1. The summed E-state index contributed by atoms with van der Waals surface area (Å²) >= 11 is 0. The smallest absolute Gasteiger partial charge is 0.217 e. The third kappa shape index (κ3) is 3.30. The average Bonchev–Trinajstić information content (AvgIpc) is 2.98. The van der Waals surface area contributed by atoms with Crippen molar-refractivity contribution in [2.24, 2.45) is 5.73 Å². The Bertz CT molecular complexity index is 865. The Kier molecular flexibility index (Phi) is 4.60. The van der Waals surface area contributed by atoms with E-state index in [0.29, 0.717) is 19.4 Å². The Morgan fingerprint density at radius 1 is 1.25 bits per heavy atom. The van der Waals surface area contributed by atoms with Crippen molar-refractivity contribution < 1.29 is 4.79 Å². The quantitative estimate of drug-likeness (QED) is 0.757. The number of fused-ring (bicyclic) bond motifs is 1. The van der Waals surface area contributed by atoms with E-state index in [-0.39, 0.29) is 5.91 Å². The number of aryl methyl sites for hydroxylation is 3. The van der Waals surface area contributed by atoms with E-state index in [9.17, 15) is 4.79 Å². The largest absolute Gasteiger partial charge is 0.370 e. The van der Waals surface area contributed by atoms with Crippen molar-refractivity contribution in [2.75, 3.05) is 0 Å². The SMILES string of the molecule is CCc1ccc(-c2cc(C)c3c(cnn3CCCC(N)=O)n2)cc1. The Morgan fingerprint density at radius 3 is 2.67 bits per heavy atom. The van der Waals surface area contributed by atoms with E-state index in [1.165, 1.54) is 5.56 Å². The lowest BCUT2D eigenvalue weighted by atomic mass is 10.1. The molecule has 0 saturated carbocycles. The van der Waals surface area contributed by atoms with Gasteiger partial charge in [-0.15, -0.1) is 0 Å². The molecular formula is C19H22N4O. The maximum atomic E-state index is 10.9. The molecule has 0 aliphatic carbocycles. The highest BCUT2D eigenvalue weighted by atomic mass is 16.1. The van der Waals surface area contributed by atoms with Crippen molar-refractivity contribution in [3.8, 4) is 11.3 Å². The lowest BCUT2D eigenvalue weighted by Gasteiger charge is -2.08. The molecule has 5 heteroatoms. The van der Waals surface area contributed by atoms with Crippen molar-refractivity contribution in [3.05, 3.63) is 47.7 Å². The molecule has 5 nitrogen and oxygen atoms in total. The van der Waals surface area contributed by atoms with Gasteiger partial charge in [0.15, 0.2) is 0 Å². The predicted octanol–water partition coefficient (Wildman–Crippen LogP) is 3.23. The molecule has 0 unspecified atom stereocenters. The molecule has 2 aromatic heterocycles. The van der Waals surface area contributed by atoms with Gasteiger partial charge < -0.3 is 5.73 Å². The minimum absolute atomic E-state index is 0.279. The van der Waals surface area contributed by atoms with Crippen LogP contribution in [-0.2, 0) is 17.8 Å². The second kappa shape index (κ2) is 6.83. The molecule has 0 aliphatic heterocycles. The highest BCUT2D eigenvalue weighted by Gasteiger charge is 2.10. The van der Waals surface area contributed by atoms with Gasteiger partial charge in [-0.25, -0.2) is 4.98 Å². The zero-order valence-corrected chi connectivity index (χ0v) is 14.1. The van der Waals surface area contributed by atoms with E-state index in [0.717, 1.165) is 34.3 Å². The summed E-state index contributed by atoms with van der Waals surface area (Å²) in [6.45, 7) is 4.88. The molecule has 0 fully saturated rings. The summed E-state index contributed by atoms with van der Waals surface area (Å²) in [5.41, 5.74) is 11.6. The van der Waals surface area contributed by atoms with Crippen molar-refractivity contribution in [1.82, 2.24) is 14.8 Å². The van der Waals surface area contributed by atoms with Gasteiger partial charge >= 0.3 is 0 Å². The zero-order valence-electron chi connectivity index (χ0n) is 14.1. The second-order valence-electron chi connectivity index (χ2n) is 6.05. The van der Waals surface area contributed by atoms with E-state index < -0.39 is 0 Å². The molecule has 24 heavy (non-hydrogen) atoms. The number of primary amides is 1. The van der Waals surface area contributed by atoms with Crippen molar-refractivity contribution in [3.63, 3.8) is 0 Å². The molecule has 124 valence electrons. The number of nitrogens with two attached hydrogens (primary N) is 1. The molecule has 0 bridgehead atoms. The van der Waals surface area contributed by atoms with Crippen LogP contribution in [0, 0.1) is 6.92 Å². The number of pyridine rings is 1. The third-order valence-corrected chi connectivity index (χ3v) is 4.24. The Balaban J connectivity index is 1.91. The van der Waals surface area contributed by atoms with Crippen LogP contribution in [0.1, 0.15) is 30.9 Å². The molecule has 3 rings (SSSR count). The first-order valence-electron chi connectivity index (χ1n) is 8.29. The molecule has 0 spiro atoms. The van der Waals surface area contributed by atoms with E-state index in [1.807, 2.05) is 4.68 Å². The number of benzene rings is 1. The fourth-order valence-electron chi connectivity index (χ4n) is 2.93. The topological polar surface area (TPSA) is 73.8 Å². The number of rotatable bonds is 6. The number of hydrogen-bond donors (Lipinski definition) is 1. The number of carbonyl (C=O) groups is 1. The number of nitrogens with zero attached hydrogens (tertiary/aromatic N) is 3. The molecular weight excluding hydrogens is 300 g/mol. The molecule has 0 atom stereocenters. The molecule has 0 aliphatic rings. The standard InChI is InChI=1S/C19H22N4O/c1-3-14-6-8-15(9-7-14)16-11-13(2)19-17(22-16)12-21-23(19)10-4-5-18(20)24/h6-9,11-12H,3-5,10H2,1-2H3,(H2,20,24). The maximum absolute atomic E-state index is 10.9. The molecule has 2 heterocycles. The summed E-state index contributed by atoms with van der Waals surface area (Å²) < 4.78 is 1.91. The molecule has 0 radical (unpaired) electrons. The van der Waals surface area contributed by atoms with Gasteiger partial charge in [0, 0.05) is 18.5 Å². The van der Waals surface area contributed by atoms with Crippen molar-refractivity contribution in [2.45, 2.75) is 39.7 Å². The van der Waals surface area contributed by atoms with E-state index in [1.54, 1.807) is 6.20 Å². The number of hydrogen-bond acceptors (Lipinski definition) is 3. The van der Waals surface area contributed by atoms with Gasteiger partial charge in [-0.1, -0.05) is 31.2 Å². The highest BCUT2D eigenvalue weighted by molar-refractivity contribution is 5.81. The van der Waals surface area contributed by atoms with E-state index in [4.69, 9.17) is 10.7 Å². The first-order valence-corrected chi connectivity index (χ1v) is 8.29. The van der Waals surface area contributed by atoms with Crippen LogP contribution >= 0.6 is 0 Å². The zero-order chi connectivity index (χ0) is 17.1. The maximum Gasteiger partial charge on any atom is 0.217 e. The van der Waals surface area contributed by atoms with E-state index >= 15 is 0 Å². The molecule has 1 aromatic carbocycles. The molecule has 1 amide bonds. The van der Waals surface area contributed by atoms with Gasteiger partial charge in [-0.3, -0.25) is 9.48 Å². The van der Waals surface area contributed by atoms with Gasteiger partial charge in [0.25, 0.3) is 0 Å². The van der Waals surface area contributed by atoms with Gasteiger partial charge in [0.05, 0.1) is 17.4 Å². The van der Waals surface area contributed by atoms with Crippen molar-refractivity contribution in [1.29, 1.82) is 0 Å². The van der Waals surface area contributed by atoms with Crippen molar-refractivity contribution >= 4 is 16.9 Å². The Labute approximate surface area is 141 Å². The fraction of sp³-hybridized carbons (Fsp3) is 0.316. The monoisotopic (exact) mass is 322 g/mol.